The first kappa shape index (κ1) is 17.8. The van der Waals surface area contributed by atoms with E-state index in [1.807, 2.05) is 19.1 Å². The molecule has 0 spiro atoms. The Morgan fingerprint density at radius 1 is 1.19 bits per heavy atom. The number of nitrogens with one attached hydrogen (secondary N) is 1. The van der Waals surface area contributed by atoms with Crippen LogP contribution in [0, 0.1) is 12.8 Å². The summed E-state index contributed by atoms with van der Waals surface area (Å²) in [4.78, 5) is 37.9. The topological polar surface area (TPSA) is 92.4 Å². The van der Waals surface area contributed by atoms with E-state index in [1.165, 1.54) is 12.1 Å². The number of piperidine rings is 1. The molecule has 136 valence electrons. The number of likely N-dealkylation sites (tertiary alicyclic amines) is 1. The number of aromatic amines is 1. The molecule has 26 heavy (non-hydrogen) atoms. The minimum atomic E-state index is -0.347. The fourth-order valence-corrected chi connectivity index (χ4v) is 3.24. The van der Waals surface area contributed by atoms with Crippen molar-refractivity contribution in [3.8, 4) is 5.75 Å². The molecular weight excluding hydrogens is 334 g/mol. The molecule has 0 radical (unpaired) electrons. The Balaban J connectivity index is 1.63. The zero-order chi connectivity index (χ0) is 18.7. The summed E-state index contributed by atoms with van der Waals surface area (Å²) in [5, 5.41) is 6.04. The number of methoxy groups -OCH3 is 1. The van der Waals surface area contributed by atoms with Crippen LogP contribution in [0.25, 0.3) is 0 Å². The van der Waals surface area contributed by atoms with Crippen molar-refractivity contribution in [1.29, 1.82) is 0 Å². The molecule has 0 aliphatic carbocycles. The molecular formula is C19H21N3O4. The van der Waals surface area contributed by atoms with Crippen LogP contribution >= 0.6 is 0 Å². The molecule has 0 atom stereocenters. The van der Waals surface area contributed by atoms with Crippen LogP contribution < -0.4 is 10.3 Å². The fraction of sp³-hybridized carbons (Fsp3) is 0.368. The van der Waals surface area contributed by atoms with Gasteiger partial charge in [0.15, 0.2) is 5.78 Å². The number of carbonyl (C=O) groups excluding carboxylic acids is 2. The lowest BCUT2D eigenvalue weighted by molar-refractivity contribution is 0.0644. The van der Waals surface area contributed by atoms with Crippen molar-refractivity contribution in [1.82, 2.24) is 15.1 Å². The lowest BCUT2D eigenvalue weighted by Crippen LogP contribution is -2.40. The van der Waals surface area contributed by atoms with E-state index in [1.54, 1.807) is 18.1 Å². The number of hydrogen-bond donors (Lipinski definition) is 1. The van der Waals surface area contributed by atoms with Crippen LogP contribution in [-0.4, -0.2) is 47.0 Å². The number of Topliss-reactive ketones (excluding diaryl/α,β-unsaturated/α-hetero) is 1. The molecule has 1 aromatic heterocycles. The molecule has 1 amide bonds. The molecule has 0 bridgehead atoms. The van der Waals surface area contributed by atoms with Crippen LogP contribution in [-0.2, 0) is 0 Å². The number of ketones is 1. The summed E-state index contributed by atoms with van der Waals surface area (Å²) in [6, 6.07) is 8.14. The van der Waals surface area contributed by atoms with E-state index >= 15 is 0 Å². The summed E-state index contributed by atoms with van der Waals surface area (Å²) in [6.45, 7) is 2.89. The highest BCUT2D eigenvalue weighted by Gasteiger charge is 2.29. The van der Waals surface area contributed by atoms with E-state index in [0.29, 0.717) is 31.5 Å². The van der Waals surface area contributed by atoms with Crippen molar-refractivity contribution in [2.75, 3.05) is 20.2 Å². The van der Waals surface area contributed by atoms with Crippen molar-refractivity contribution in [3.63, 3.8) is 0 Å². The number of carbonyl (C=O) groups is 2. The first-order valence-electron chi connectivity index (χ1n) is 8.53. The van der Waals surface area contributed by atoms with Gasteiger partial charge in [0.05, 0.1) is 7.11 Å². The van der Waals surface area contributed by atoms with Gasteiger partial charge in [-0.1, -0.05) is 0 Å². The van der Waals surface area contributed by atoms with Crippen molar-refractivity contribution < 1.29 is 14.3 Å². The molecule has 3 rings (SSSR count). The summed E-state index contributed by atoms with van der Waals surface area (Å²) >= 11 is 0. The lowest BCUT2D eigenvalue weighted by Gasteiger charge is -2.31. The minimum Gasteiger partial charge on any atom is -0.496 e. The van der Waals surface area contributed by atoms with E-state index in [-0.39, 0.29) is 28.9 Å². The highest BCUT2D eigenvalue weighted by Crippen LogP contribution is 2.25. The molecule has 2 aromatic rings. The van der Waals surface area contributed by atoms with Gasteiger partial charge in [-0.2, -0.15) is 5.10 Å². The number of aryl methyl sites for hydroxylation is 1. The number of amides is 1. The summed E-state index contributed by atoms with van der Waals surface area (Å²) in [5.74, 6) is 0.531. The number of rotatable bonds is 4. The van der Waals surface area contributed by atoms with Crippen LogP contribution in [0.1, 0.15) is 39.3 Å². The van der Waals surface area contributed by atoms with Crippen molar-refractivity contribution in [3.05, 3.63) is 57.5 Å². The molecule has 1 aromatic carbocycles. The maximum absolute atomic E-state index is 12.7. The standard InChI is InChI=1S/C19H21N3O4/c1-12-11-14(3-5-16(12)26-2)18(24)13-7-9-22(10-8-13)19(25)15-4-6-17(23)21-20-15/h3-6,11,13H,7-10H2,1-2H3,(H,21,23). The normalized spacial score (nSPS) is 14.9. The first-order chi connectivity index (χ1) is 12.5. The van der Waals surface area contributed by atoms with Crippen LogP contribution in [0.2, 0.25) is 0 Å². The average Bonchev–Trinajstić information content (AvgIpc) is 2.67. The van der Waals surface area contributed by atoms with Gasteiger partial charge >= 0.3 is 0 Å². The van der Waals surface area contributed by atoms with Gasteiger partial charge in [-0.25, -0.2) is 5.10 Å². The molecule has 1 aliphatic rings. The van der Waals surface area contributed by atoms with Crippen LogP contribution in [0.5, 0.6) is 5.75 Å². The molecule has 0 saturated carbocycles. The molecule has 1 N–H and O–H groups in total. The summed E-state index contributed by atoms with van der Waals surface area (Å²) in [5.41, 5.74) is 1.46. The van der Waals surface area contributed by atoms with Gasteiger partial charge in [-0.3, -0.25) is 14.4 Å². The number of benzene rings is 1. The molecule has 1 saturated heterocycles. The highest BCUT2D eigenvalue weighted by molar-refractivity contribution is 5.98. The van der Waals surface area contributed by atoms with Gasteiger partial charge in [-0.05, 0) is 49.6 Å². The Labute approximate surface area is 151 Å². The molecule has 1 aliphatic heterocycles. The van der Waals surface area contributed by atoms with Crippen LogP contribution in [0.3, 0.4) is 0 Å². The second-order valence-electron chi connectivity index (χ2n) is 6.42. The van der Waals surface area contributed by atoms with Gasteiger partial charge in [0.25, 0.3) is 11.5 Å². The Morgan fingerprint density at radius 3 is 2.50 bits per heavy atom. The van der Waals surface area contributed by atoms with Gasteiger partial charge < -0.3 is 9.64 Å². The van der Waals surface area contributed by atoms with E-state index < -0.39 is 0 Å². The SMILES string of the molecule is COc1ccc(C(=O)C2CCN(C(=O)c3ccc(=O)[nH]n3)CC2)cc1C. The van der Waals surface area contributed by atoms with E-state index in [9.17, 15) is 14.4 Å². The monoisotopic (exact) mass is 355 g/mol. The zero-order valence-electron chi connectivity index (χ0n) is 14.8. The number of ether oxygens (including phenoxy) is 1. The van der Waals surface area contributed by atoms with E-state index in [0.717, 1.165) is 11.3 Å². The summed E-state index contributed by atoms with van der Waals surface area (Å²) < 4.78 is 5.23. The van der Waals surface area contributed by atoms with Crippen LogP contribution in [0.15, 0.2) is 35.1 Å². The molecule has 1 fully saturated rings. The number of hydrogen-bond acceptors (Lipinski definition) is 5. The maximum Gasteiger partial charge on any atom is 0.274 e. The zero-order valence-corrected chi connectivity index (χ0v) is 14.8. The molecule has 7 nitrogen and oxygen atoms in total. The van der Waals surface area contributed by atoms with Crippen molar-refractivity contribution >= 4 is 11.7 Å². The molecule has 2 heterocycles. The summed E-state index contributed by atoms with van der Waals surface area (Å²) in [6.07, 6.45) is 1.22. The Morgan fingerprint density at radius 2 is 1.92 bits per heavy atom. The number of H-pyrrole nitrogens is 1. The fourth-order valence-electron chi connectivity index (χ4n) is 3.24. The smallest absolute Gasteiger partial charge is 0.274 e. The van der Waals surface area contributed by atoms with Gasteiger partial charge in [0.1, 0.15) is 11.4 Å². The van der Waals surface area contributed by atoms with Crippen LogP contribution in [0.4, 0.5) is 0 Å². The third-order valence-electron chi connectivity index (χ3n) is 4.73. The average molecular weight is 355 g/mol. The minimum absolute atomic E-state index is 0.101. The maximum atomic E-state index is 12.7. The third kappa shape index (κ3) is 3.66. The third-order valence-corrected chi connectivity index (χ3v) is 4.73. The first-order valence-corrected chi connectivity index (χ1v) is 8.53. The predicted molar refractivity (Wildman–Crippen MR) is 95.5 cm³/mol. The largest absolute Gasteiger partial charge is 0.496 e. The highest BCUT2D eigenvalue weighted by atomic mass is 16.5. The Kier molecular flexibility index (Phi) is 5.16. The summed E-state index contributed by atoms with van der Waals surface area (Å²) in [7, 11) is 1.60. The van der Waals surface area contributed by atoms with E-state index in [2.05, 4.69) is 10.2 Å². The van der Waals surface area contributed by atoms with Gasteiger partial charge in [-0.15, -0.1) is 0 Å². The van der Waals surface area contributed by atoms with Gasteiger partial charge in [0, 0.05) is 30.6 Å². The van der Waals surface area contributed by atoms with Gasteiger partial charge in [0.2, 0.25) is 0 Å². The quantitative estimate of drug-likeness (QED) is 0.845. The van der Waals surface area contributed by atoms with E-state index in [4.69, 9.17) is 4.74 Å². The second kappa shape index (κ2) is 7.51. The molecule has 0 unspecified atom stereocenters. The predicted octanol–water partition coefficient (Wildman–Crippen LogP) is 1.82. The lowest BCUT2D eigenvalue weighted by atomic mass is 9.88. The molecule has 7 heteroatoms. The Hall–Kier alpha value is -2.96. The second-order valence-corrected chi connectivity index (χ2v) is 6.42. The Bertz CT molecular complexity index is 862. The van der Waals surface area contributed by atoms with Crippen molar-refractivity contribution in [2.24, 2.45) is 5.92 Å². The number of nitrogens with zero attached hydrogens (tertiary/aromatic N) is 2. The number of aromatic nitrogens is 2. The van der Waals surface area contributed by atoms with Crippen molar-refractivity contribution in [2.45, 2.75) is 19.8 Å².